The Morgan fingerprint density at radius 2 is 1.71 bits per heavy atom. The van der Waals surface area contributed by atoms with Crippen LogP contribution >= 0.6 is 0 Å². The summed E-state index contributed by atoms with van der Waals surface area (Å²) in [6.07, 6.45) is -2.38. The van der Waals surface area contributed by atoms with E-state index in [9.17, 15) is 24.3 Å². The largest absolute Gasteiger partial charge is 0.455 e. The van der Waals surface area contributed by atoms with Gasteiger partial charge in [-0.3, -0.25) is 9.59 Å². The van der Waals surface area contributed by atoms with Crippen LogP contribution < -0.4 is 5.32 Å². The number of fused-ring (bicyclic) bond motifs is 2. The Morgan fingerprint density at radius 1 is 1.03 bits per heavy atom. The number of ether oxygens (including phenoxy) is 5. The number of aliphatic hydroxyl groups excluding tert-OH is 1. The van der Waals surface area contributed by atoms with Crippen molar-refractivity contribution in [2.24, 2.45) is 17.8 Å². The number of ketones is 2. The van der Waals surface area contributed by atoms with Gasteiger partial charge in [-0.2, -0.15) is 0 Å². The average molecular weight is 817 g/mol. The number of esters is 1. The van der Waals surface area contributed by atoms with E-state index in [1.54, 1.807) is 40.9 Å². The lowest BCUT2D eigenvalue weighted by Gasteiger charge is -2.47. The highest BCUT2D eigenvalue weighted by atomic mass is 19.1. The summed E-state index contributed by atoms with van der Waals surface area (Å²) in [4.78, 5) is 62.7. The van der Waals surface area contributed by atoms with Gasteiger partial charge in [-0.15, -0.1) is 0 Å². The van der Waals surface area contributed by atoms with Crippen LogP contribution in [0.3, 0.4) is 0 Å². The maximum Gasteiger partial charge on any atom is 0.410 e. The number of aliphatic hydroxyl groups is 1. The number of methoxy groups -OCH3 is 1. The molecule has 4 heterocycles. The van der Waals surface area contributed by atoms with Crippen LogP contribution in [0.2, 0.25) is 0 Å². The first kappa shape index (κ1) is 45.6. The molecule has 3 fully saturated rings. The van der Waals surface area contributed by atoms with E-state index in [4.69, 9.17) is 23.7 Å². The van der Waals surface area contributed by atoms with Crippen molar-refractivity contribution < 1.29 is 52.4 Å². The van der Waals surface area contributed by atoms with E-state index < -0.39 is 89.2 Å². The number of carbonyl (C=O) groups excluding carboxylic acids is 4. The molecule has 324 valence electrons. The predicted molar refractivity (Wildman–Crippen MR) is 213 cm³/mol. The van der Waals surface area contributed by atoms with Gasteiger partial charge in [0.15, 0.2) is 17.7 Å². The van der Waals surface area contributed by atoms with Crippen LogP contribution in [-0.2, 0) is 44.6 Å². The zero-order chi connectivity index (χ0) is 42.9. The van der Waals surface area contributed by atoms with Crippen molar-refractivity contribution in [2.45, 2.75) is 174 Å². The number of para-hydroxylation sites is 2. The smallest absolute Gasteiger partial charge is 0.410 e. The van der Waals surface area contributed by atoms with Crippen LogP contribution in [0.1, 0.15) is 101 Å². The molecule has 15 heteroatoms. The van der Waals surface area contributed by atoms with Crippen LogP contribution in [0.5, 0.6) is 0 Å². The molecular formula is C43H65FN4O10. The Bertz CT molecular complexity index is 1790. The molecule has 0 aliphatic carbocycles. The fourth-order valence-corrected chi connectivity index (χ4v) is 9.57. The summed E-state index contributed by atoms with van der Waals surface area (Å²) in [6, 6.07) is 6.52. The quantitative estimate of drug-likeness (QED) is 0.165. The molecule has 3 aliphatic heterocycles. The summed E-state index contributed by atoms with van der Waals surface area (Å²) < 4.78 is 49.6. The first-order valence-electron chi connectivity index (χ1n) is 20.9. The Kier molecular flexibility index (Phi) is 14.1. The summed E-state index contributed by atoms with van der Waals surface area (Å²) in [5, 5.41) is 14.8. The number of aryl methyl sites for hydroxylation is 1. The standard InChI is InChI=1S/C43H65FN4O10/c1-12-32-43(10)35(48(40(53)58-43)20-16-15-19-47-23-45-29-17-13-14-18-31(29)47)27(6)33(49)25(4)22-41(8,54-11)37(28(7)36(51)42(9,44)39(52)56-32)57-38-34(50)30(46-24(2)3)21-26(5)55-38/h13-14,17-18,23-28,30,32,34-35,37-38,46,50H,12,15-16,19-22H2,1-11H3/t25-,26-,27+,28-,30+,32-,34+,35?,37-,38+,41-,42+,43-/m1/s1. The van der Waals surface area contributed by atoms with E-state index in [0.29, 0.717) is 25.8 Å². The van der Waals surface area contributed by atoms with Crippen molar-refractivity contribution in [3.63, 3.8) is 0 Å². The molecule has 0 radical (unpaired) electrons. The minimum absolute atomic E-state index is 0.00273. The summed E-state index contributed by atoms with van der Waals surface area (Å²) in [5.41, 5.74) is -4.32. The highest BCUT2D eigenvalue weighted by Gasteiger charge is 2.61. The number of Topliss-reactive ketones (excluding diaryl/α,β-unsaturated/α-hetero) is 2. The zero-order valence-electron chi connectivity index (χ0n) is 36.0. The summed E-state index contributed by atoms with van der Waals surface area (Å²) in [7, 11) is 1.41. The van der Waals surface area contributed by atoms with Gasteiger partial charge in [0.25, 0.3) is 5.67 Å². The normalized spacial score (nSPS) is 38.1. The summed E-state index contributed by atoms with van der Waals surface area (Å²) in [5.74, 6) is -5.75. The number of alkyl halides is 1. The van der Waals surface area contributed by atoms with E-state index in [2.05, 4.69) is 10.3 Å². The van der Waals surface area contributed by atoms with Crippen LogP contribution in [0.4, 0.5) is 9.18 Å². The molecule has 0 bridgehead atoms. The Hall–Kier alpha value is -3.50. The van der Waals surface area contributed by atoms with Gasteiger partial charge < -0.3 is 43.6 Å². The molecule has 0 spiro atoms. The first-order chi connectivity index (χ1) is 27.2. The molecule has 2 aromatic rings. The third kappa shape index (κ3) is 8.98. The van der Waals surface area contributed by atoms with E-state index in [1.807, 2.05) is 49.6 Å². The van der Waals surface area contributed by atoms with E-state index in [-0.39, 0.29) is 37.3 Å². The van der Waals surface area contributed by atoms with Gasteiger partial charge >= 0.3 is 12.1 Å². The number of benzene rings is 1. The molecular weight excluding hydrogens is 751 g/mol. The van der Waals surface area contributed by atoms with Gasteiger partial charge in [0, 0.05) is 50.0 Å². The van der Waals surface area contributed by atoms with Crippen molar-refractivity contribution in [1.29, 1.82) is 0 Å². The second-order valence-electron chi connectivity index (χ2n) is 17.6. The van der Waals surface area contributed by atoms with E-state index in [1.165, 1.54) is 18.9 Å². The Labute approximate surface area is 341 Å². The number of nitrogens with one attached hydrogen (secondary N) is 1. The number of aromatic nitrogens is 2. The van der Waals surface area contributed by atoms with Crippen molar-refractivity contribution >= 4 is 34.7 Å². The molecule has 58 heavy (non-hydrogen) atoms. The molecule has 3 aliphatic rings. The Morgan fingerprint density at radius 3 is 2.36 bits per heavy atom. The second kappa shape index (κ2) is 18.0. The fraction of sp³-hybridized carbons (Fsp3) is 0.744. The van der Waals surface area contributed by atoms with Crippen LogP contribution in [0.15, 0.2) is 30.6 Å². The lowest BCUT2D eigenvalue weighted by Crippen LogP contribution is -2.62. The van der Waals surface area contributed by atoms with Gasteiger partial charge in [-0.25, -0.2) is 19.0 Å². The molecule has 1 aromatic heterocycles. The maximum atomic E-state index is 16.9. The molecule has 3 saturated heterocycles. The molecule has 1 amide bonds. The van der Waals surface area contributed by atoms with Crippen LogP contribution in [-0.4, -0.2) is 123 Å². The minimum Gasteiger partial charge on any atom is -0.455 e. The van der Waals surface area contributed by atoms with E-state index in [0.717, 1.165) is 18.0 Å². The molecule has 14 nitrogen and oxygen atoms in total. The highest BCUT2D eigenvalue weighted by Crippen LogP contribution is 2.43. The lowest BCUT2D eigenvalue weighted by molar-refractivity contribution is -0.291. The third-order valence-corrected chi connectivity index (χ3v) is 12.7. The number of unbranched alkanes of at least 4 members (excludes halogenated alkanes) is 1. The number of imidazole rings is 1. The second-order valence-corrected chi connectivity index (χ2v) is 17.6. The lowest BCUT2D eigenvalue weighted by atomic mass is 9.73. The van der Waals surface area contributed by atoms with Crippen molar-refractivity contribution in [3.05, 3.63) is 30.6 Å². The van der Waals surface area contributed by atoms with Crippen molar-refractivity contribution in [3.8, 4) is 0 Å². The van der Waals surface area contributed by atoms with Crippen molar-refractivity contribution in [1.82, 2.24) is 19.8 Å². The number of halogens is 1. The van der Waals surface area contributed by atoms with Gasteiger partial charge in [-0.05, 0) is 71.9 Å². The van der Waals surface area contributed by atoms with Crippen molar-refractivity contribution in [2.75, 3.05) is 13.7 Å². The topological polar surface area (TPSA) is 168 Å². The van der Waals surface area contributed by atoms with Crippen LogP contribution in [0, 0.1) is 17.8 Å². The monoisotopic (exact) mass is 816 g/mol. The number of amides is 1. The SMILES string of the molecule is CC[C@H]1OC(=O)[C@@](C)(F)C(=O)[C@@H](C)[C@@H](O[C@@H]2O[C@H](C)C[C@H](NC(C)C)[C@@H]2O)[C@](C)(OC)C[C@@H](C)C(=O)[C@H](C)C2N(CCCCn3cnc4ccccc43)C(=O)O[C@@]21C. The number of hydrogen-bond donors (Lipinski definition) is 2. The molecule has 0 saturated carbocycles. The summed E-state index contributed by atoms with van der Waals surface area (Å²) in [6.45, 7) is 17.4. The number of cyclic esters (lactones) is 1. The average Bonchev–Trinajstić information content (AvgIpc) is 3.70. The predicted octanol–water partition coefficient (Wildman–Crippen LogP) is 5.55. The molecule has 2 N–H and O–H groups in total. The molecule has 13 atom stereocenters. The molecule has 5 rings (SSSR count). The highest BCUT2D eigenvalue weighted by molar-refractivity contribution is 6.08. The third-order valence-electron chi connectivity index (χ3n) is 12.7. The Balaban J connectivity index is 1.49. The molecule has 1 aromatic carbocycles. The fourth-order valence-electron chi connectivity index (χ4n) is 9.57. The number of rotatable bonds is 11. The summed E-state index contributed by atoms with van der Waals surface area (Å²) >= 11 is 0. The maximum absolute atomic E-state index is 16.9. The first-order valence-corrected chi connectivity index (χ1v) is 20.9. The number of carbonyl (C=O) groups is 4. The van der Waals surface area contributed by atoms with Gasteiger partial charge in [0.2, 0.25) is 0 Å². The number of hydrogen-bond acceptors (Lipinski definition) is 12. The van der Waals surface area contributed by atoms with E-state index >= 15 is 4.39 Å². The number of nitrogens with zero attached hydrogens (tertiary/aromatic N) is 3. The minimum atomic E-state index is -3.17. The van der Waals surface area contributed by atoms with Gasteiger partial charge in [0.1, 0.15) is 18.0 Å². The zero-order valence-corrected chi connectivity index (χ0v) is 36.0. The van der Waals surface area contributed by atoms with Gasteiger partial charge in [-0.1, -0.05) is 53.7 Å². The van der Waals surface area contributed by atoms with Crippen LogP contribution in [0.25, 0.3) is 11.0 Å². The van der Waals surface area contributed by atoms with Gasteiger partial charge in [0.05, 0.1) is 41.2 Å². The molecule has 1 unspecified atom stereocenters.